The van der Waals surface area contributed by atoms with Gasteiger partial charge in [-0.25, -0.2) is 4.57 Å². The van der Waals surface area contributed by atoms with Crippen LogP contribution in [0.15, 0.2) is 121 Å². The minimum absolute atomic E-state index is 0.244. The summed E-state index contributed by atoms with van der Waals surface area (Å²) in [4.78, 5) is 0. The van der Waals surface area contributed by atoms with E-state index < -0.39 is 0 Å². The van der Waals surface area contributed by atoms with Gasteiger partial charge in [0.25, 0.3) is 5.82 Å². The van der Waals surface area contributed by atoms with Gasteiger partial charge in [-0.3, -0.25) is 0 Å². The highest BCUT2D eigenvalue weighted by Crippen LogP contribution is 2.41. The Kier molecular flexibility index (Phi) is 7.74. The van der Waals surface area contributed by atoms with Gasteiger partial charge in [-0.15, -0.1) is 0 Å². The molecule has 0 aliphatic rings. The summed E-state index contributed by atoms with van der Waals surface area (Å²) in [5.74, 6) is 1.57. The average Bonchev–Trinajstić information content (AvgIpc) is 3.39. The quantitative estimate of drug-likeness (QED) is 0.172. The molecular formula is C44H40N3+. The van der Waals surface area contributed by atoms with Crippen molar-refractivity contribution in [3.63, 3.8) is 0 Å². The number of rotatable bonds is 6. The number of hydrogen-bond donors (Lipinski definition) is 0. The van der Waals surface area contributed by atoms with E-state index in [4.69, 9.17) is 0 Å². The standard InChI is InChI=1S/C44H40N3/c1-28(2)38-25-37(33-21-19-32(20-22-33)31-13-8-7-9-14-31)26-39(29(3)4)43(38)47-42-36(27-45)17-12-18-41(42)46(6)44(47)40-24-35-16-11-10-15-34(35)23-30(40)5/h7-26,28-29H,1-6H3/q+1. The number of imidazole rings is 1. The Bertz CT molecular complexity index is 2290. The van der Waals surface area contributed by atoms with Crippen molar-refractivity contribution in [1.29, 1.82) is 5.26 Å². The van der Waals surface area contributed by atoms with Crippen molar-refractivity contribution in [1.82, 2.24) is 4.57 Å². The first kappa shape index (κ1) is 30.2. The van der Waals surface area contributed by atoms with Crippen molar-refractivity contribution in [3.05, 3.63) is 144 Å². The fraction of sp³-hybridized carbons (Fsp3) is 0.182. The molecule has 1 heterocycles. The summed E-state index contributed by atoms with van der Waals surface area (Å²) in [7, 11) is 2.14. The lowest BCUT2D eigenvalue weighted by Gasteiger charge is -2.21. The van der Waals surface area contributed by atoms with E-state index in [1.165, 1.54) is 55.4 Å². The third-order valence-corrected chi connectivity index (χ3v) is 9.55. The van der Waals surface area contributed by atoms with Gasteiger partial charge in [0.2, 0.25) is 0 Å². The minimum Gasteiger partial charge on any atom is -0.225 e. The second-order valence-electron chi connectivity index (χ2n) is 13.3. The van der Waals surface area contributed by atoms with E-state index >= 15 is 0 Å². The highest BCUT2D eigenvalue weighted by molar-refractivity contribution is 5.91. The van der Waals surface area contributed by atoms with Crippen LogP contribution < -0.4 is 4.57 Å². The summed E-state index contributed by atoms with van der Waals surface area (Å²) in [6.45, 7) is 11.3. The van der Waals surface area contributed by atoms with Crippen molar-refractivity contribution in [3.8, 4) is 45.4 Å². The van der Waals surface area contributed by atoms with Gasteiger partial charge in [0.1, 0.15) is 17.3 Å². The zero-order valence-electron chi connectivity index (χ0n) is 28.0. The SMILES string of the molecule is Cc1cc2ccccc2cc1-c1n(-c2c(C(C)C)cc(-c3ccc(-c4ccccc4)cc3)cc2C(C)C)c2c(C#N)cccc2[n+]1C. The molecule has 7 rings (SSSR count). The Hall–Kier alpha value is -5.46. The van der Waals surface area contributed by atoms with Crippen LogP contribution in [0.3, 0.4) is 0 Å². The van der Waals surface area contributed by atoms with Crippen LogP contribution in [0.25, 0.3) is 61.1 Å². The number of nitrogens with zero attached hydrogens (tertiary/aromatic N) is 3. The molecule has 230 valence electrons. The third kappa shape index (κ3) is 5.21. The van der Waals surface area contributed by atoms with Crippen molar-refractivity contribution < 1.29 is 4.57 Å². The first-order valence-electron chi connectivity index (χ1n) is 16.5. The first-order valence-corrected chi connectivity index (χ1v) is 16.5. The van der Waals surface area contributed by atoms with Gasteiger partial charge in [0.15, 0.2) is 11.0 Å². The zero-order valence-corrected chi connectivity index (χ0v) is 28.0. The smallest absolute Gasteiger partial charge is 0.225 e. The summed E-state index contributed by atoms with van der Waals surface area (Å²) in [5.41, 5.74) is 13.6. The third-order valence-electron chi connectivity index (χ3n) is 9.55. The summed E-state index contributed by atoms with van der Waals surface area (Å²) < 4.78 is 4.68. The summed E-state index contributed by atoms with van der Waals surface area (Å²) in [5, 5.41) is 12.9. The summed E-state index contributed by atoms with van der Waals surface area (Å²) >= 11 is 0. The van der Waals surface area contributed by atoms with Crippen LogP contribution in [-0.4, -0.2) is 4.57 Å². The van der Waals surface area contributed by atoms with Crippen LogP contribution in [0.4, 0.5) is 0 Å². The first-order chi connectivity index (χ1) is 22.8. The van der Waals surface area contributed by atoms with Crippen LogP contribution in [0.5, 0.6) is 0 Å². The maximum atomic E-state index is 10.5. The molecule has 6 aromatic carbocycles. The molecule has 0 fully saturated rings. The van der Waals surface area contributed by atoms with E-state index in [0.29, 0.717) is 5.56 Å². The van der Waals surface area contributed by atoms with Crippen molar-refractivity contribution in [2.24, 2.45) is 7.05 Å². The monoisotopic (exact) mass is 610 g/mol. The topological polar surface area (TPSA) is 32.6 Å². The second kappa shape index (κ2) is 12.0. The van der Waals surface area contributed by atoms with E-state index in [1.54, 1.807) is 0 Å². The molecule has 0 atom stereocenters. The average molecular weight is 611 g/mol. The van der Waals surface area contributed by atoms with E-state index in [-0.39, 0.29) is 11.8 Å². The van der Waals surface area contributed by atoms with E-state index in [9.17, 15) is 5.26 Å². The number of para-hydroxylation sites is 1. The lowest BCUT2D eigenvalue weighted by atomic mass is 9.87. The minimum atomic E-state index is 0.244. The fourth-order valence-electron chi connectivity index (χ4n) is 7.08. The number of benzene rings is 6. The zero-order chi connectivity index (χ0) is 32.8. The molecule has 0 aliphatic heterocycles. The molecule has 7 aromatic rings. The van der Waals surface area contributed by atoms with Gasteiger partial charge in [-0.05, 0) is 87.7 Å². The maximum absolute atomic E-state index is 10.5. The Morgan fingerprint density at radius 2 is 1.17 bits per heavy atom. The molecule has 3 heteroatoms. The molecular weight excluding hydrogens is 571 g/mol. The van der Waals surface area contributed by atoms with E-state index in [2.05, 4.69) is 166 Å². The van der Waals surface area contributed by atoms with Crippen LogP contribution in [0.2, 0.25) is 0 Å². The lowest BCUT2D eigenvalue weighted by molar-refractivity contribution is -0.633. The van der Waals surface area contributed by atoms with Crippen LogP contribution in [0, 0.1) is 18.3 Å². The van der Waals surface area contributed by atoms with Crippen LogP contribution in [-0.2, 0) is 7.05 Å². The lowest BCUT2D eigenvalue weighted by Crippen LogP contribution is -2.30. The predicted molar refractivity (Wildman–Crippen MR) is 196 cm³/mol. The molecule has 0 saturated heterocycles. The molecule has 47 heavy (non-hydrogen) atoms. The van der Waals surface area contributed by atoms with Gasteiger partial charge in [0.05, 0.1) is 12.6 Å². The van der Waals surface area contributed by atoms with Crippen LogP contribution >= 0.6 is 0 Å². The highest BCUT2D eigenvalue weighted by Gasteiger charge is 2.33. The number of aryl methyl sites for hydroxylation is 2. The number of nitriles is 1. The molecule has 0 saturated carbocycles. The second-order valence-corrected chi connectivity index (χ2v) is 13.3. The maximum Gasteiger partial charge on any atom is 0.295 e. The van der Waals surface area contributed by atoms with E-state index in [0.717, 1.165) is 22.4 Å². The molecule has 0 spiro atoms. The van der Waals surface area contributed by atoms with E-state index in [1.807, 2.05) is 12.1 Å². The highest BCUT2D eigenvalue weighted by atomic mass is 15.2. The van der Waals surface area contributed by atoms with Gasteiger partial charge < -0.3 is 0 Å². The number of aromatic nitrogens is 2. The Morgan fingerprint density at radius 3 is 1.77 bits per heavy atom. The fourth-order valence-corrected chi connectivity index (χ4v) is 7.08. The molecule has 3 nitrogen and oxygen atoms in total. The molecule has 1 aromatic heterocycles. The molecule has 0 unspecified atom stereocenters. The van der Waals surface area contributed by atoms with Gasteiger partial charge in [-0.2, -0.15) is 9.83 Å². The Labute approximate surface area is 278 Å². The van der Waals surface area contributed by atoms with Gasteiger partial charge >= 0.3 is 0 Å². The molecule has 0 amide bonds. The van der Waals surface area contributed by atoms with Crippen molar-refractivity contribution >= 4 is 21.8 Å². The normalized spacial score (nSPS) is 11.6. The predicted octanol–water partition coefficient (Wildman–Crippen LogP) is 11.0. The van der Waals surface area contributed by atoms with Gasteiger partial charge in [-0.1, -0.05) is 119 Å². The molecule has 0 N–H and O–H groups in total. The summed E-state index contributed by atoms with van der Waals surface area (Å²) in [6.07, 6.45) is 0. The molecule has 0 radical (unpaired) electrons. The Morgan fingerprint density at radius 1 is 0.617 bits per heavy atom. The van der Waals surface area contributed by atoms with Gasteiger partial charge in [0, 0.05) is 11.1 Å². The van der Waals surface area contributed by atoms with Crippen molar-refractivity contribution in [2.45, 2.75) is 46.5 Å². The Balaban J connectivity index is 1.54. The number of hydrogen-bond acceptors (Lipinski definition) is 1. The number of fused-ring (bicyclic) bond motifs is 2. The van der Waals surface area contributed by atoms with Crippen LogP contribution in [0.1, 0.15) is 61.8 Å². The van der Waals surface area contributed by atoms with Crippen molar-refractivity contribution in [2.75, 3.05) is 0 Å². The largest absolute Gasteiger partial charge is 0.295 e. The summed E-state index contributed by atoms with van der Waals surface area (Å²) in [6, 6.07) is 46.0. The molecule has 0 bridgehead atoms. The molecule has 0 aliphatic carbocycles.